The second-order valence-electron chi connectivity index (χ2n) is 6.46. The van der Waals surface area contributed by atoms with E-state index in [1.807, 2.05) is 0 Å². The number of hydrogen-bond donors (Lipinski definition) is 1. The van der Waals surface area contributed by atoms with Gasteiger partial charge in [0.25, 0.3) is 0 Å². The minimum absolute atomic E-state index is 0.228. The van der Waals surface area contributed by atoms with Crippen LogP contribution in [0.2, 0.25) is 0 Å². The summed E-state index contributed by atoms with van der Waals surface area (Å²) in [7, 11) is 0. The summed E-state index contributed by atoms with van der Waals surface area (Å²) >= 11 is 0. The minimum atomic E-state index is 0.228. The zero-order chi connectivity index (χ0) is 13.2. The van der Waals surface area contributed by atoms with Gasteiger partial charge in [0, 0.05) is 26.2 Å². The minimum Gasteiger partial charge on any atom is -0.374 e. The summed E-state index contributed by atoms with van der Waals surface area (Å²) in [4.78, 5) is 2.52. The van der Waals surface area contributed by atoms with E-state index in [9.17, 15) is 0 Å². The molecule has 18 heavy (non-hydrogen) atoms. The summed E-state index contributed by atoms with van der Waals surface area (Å²) in [5, 5.41) is 0. The molecule has 1 atom stereocenters. The van der Waals surface area contributed by atoms with Crippen molar-refractivity contribution in [2.45, 2.75) is 46.1 Å². The summed E-state index contributed by atoms with van der Waals surface area (Å²) in [6, 6.07) is 0. The number of nitrogens with zero attached hydrogens (tertiary/aromatic N) is 1. The maximum Gasteiger partial charge on any atom is 0.0824 e. The van der Waals surface area contributed by atoms with Gasteiger partial charge in [-0.15, -0.1) is 0 Å². The fourth-order valence-corrected chi connectivity index (χ4v) is 3.31. The van der Waals surface area contributed by atoms with E-state index in [0.717, 1.165) is 26.2 Å². The molecular weight excluding hydrogens is 224 g/mol. The van der Waals surface area contributed by atoms with E-state index in [1.165, 1.54) is 19.3 Å². The van der Waals surface area contributed by atoms with E-state index in [0.29, 0.717) is 12.0 Å². The molecule has 0 aromatic rings. The molecule has 0 amide bonds. The van der Waals surface area contributed by atoms with Gasteiger partial charge in [0.15, 0.2) is 0 Å². The zero-order valence-corrected chi connectivity index (χ0v) is 12.2. The number of rotatable bonds is 3. The van der Waals surface area contributed by atoms with Crippen LogP contribution < -0.4 is 5.73 Å². The van der Waals surface area contributed by atoms with Gasteiger partial charge in [0.2, 0.25) is 0 Å². The predicted octanol–water partition coefficient (Wildman–Crippen LogP) is 2.17. The molecule has 3 heteroatoms. The molecule has 2 aliphatic rings. The molecule has 0 spiro atoms. The molecule has 0 saturated carbocycles. The first-order chi connectivity index (χ1) is 8.53. The number of morpholine rings is 1. The predicted molar refractivity (Wildman–Crippen MR) is 75.6 cm³/mol. The Morgan fingerprint density at radius 3 is 2.89 bits per heavy atom. The van der Waals surface area contributed by atoms with Crippen molar-refractivity contribution in [1.29, 1.82) is 0 Å². The van der Waals surface area contributed by atoms with Gasteiger partial charge in [-0.1, -0.05) is 25.0 Å². The van der Waals surface area contributed by atoms with Crippen molar-refractivity contribution in [1.82, 2.24) is 4.90 Å². The highest BCUT2D eigenvalue weighted by atomic mass is 16.5. The van der Waals surface area contributed by atoms with E-state index in [4.69, 9.17) is 10.5 Å². The van der Waals surface area contributed by atoms with E-state index in [1.54, 1.807) is 11.1 Å². The molecule has 0 radical (unpaired) electrons. The SMILES string of the molecule is CC1=C(CN2CCO[C@@H](CN)C2)C(C)(C)CCC1. The Morgan fingerprint density at radius 1 is 1.44 bits per heavy atom. The van der Waals surface area contributed by atoms with Crippen LogP contribution in [0.5, 0.6) is 0 Å². The first kappa shape index (κ1) is 14.0. The summed E-state index contributed by atoms with van der Waals surface area (Å²) in [6.45, 7) is 11.7. The molecule has 2 N–H and O–H groups in total. The molecule has 0 unspecified atom stereocenters. The Balaban J connectivity index is 2.03. The Hall–Kier alpha value is -0.380. The summed E-state index contributed by atoms with van der Waals surface area (Å²) in [5.41, 5.74) is 9.36. The third kappa shape index (κ3) is 3.14. The molecule has 1 fully saturated rings. The molecule has 1 aliphatic heterocycles. The molecule has 104 valence electrons. The molecule has 1 saturated heterocycles. The Bertz CT molecular complexity index is 322. The maximum atomic E-state index is 5.72. The van der Waals surface area contributed by atoms with Crippen molar-refractivity contribution in [3.8, 4) is 0 Å². The Kier molecular flexibility index (Phi) is 4.46. The third-order valence-electron chi connectivity index (χ3n) is 4.55. The molecule has 2 rings (SSSR count). The van der Waals surface area contributed by atoms with Crippen LogP contribution in [0.15, 0.2) is 11.1 Å². The molecule has 0 aromatic carbocycles. The van der Waals surface area contributed by atoms with Crippen molar-refractivity contribution in [3.63, 3.8) is 0 Å². The van der Waals surface area contributed by atoms with E-state index >= 15 is 0 Å². The van der Waals surface area contributed by atoms with Gasteiger partial charge >= 0.3 is 0 Å². The first-order valence-electron chi connectivity index (χ1n) is 7.26. The number of ether oxygens (including phenoxy) is 1. The van der Waals surface area contributed by atoms with Gasteiger partial charge in [-0.2, -0.15) is 0 Å². The van der Waals surface area contributed by atoms with Crippen molar-refractivity contribution >= 4 is 0 Å². The lowest BCUT2D eigenvalue weighted by Gasteiger charge is -2.40. The van der Waals surface area contributed by atoms with Gasteiger partial charge in [-0.3, -0.25) is 4.90 Å². The lowest BCUT2D eigenvalue weighted by molar-refractivity contribution is -0.0214. The van der Waals surface area contributed by atoms with Crippen molar-refractivity contribution in [2.75, 3.05) is 32.8 Å². The Morgan fingerprint density at radius 2 is 2.22 bits per heavy atom. The standard InChI is InChI=1S/C15H28N2O/c1-12-5-4-6-15(2,3)14(12)11-17-7-8-18-13(9-16)10-17/h13H,4-11,16H2,1-3H3/t13-/m0/s1. The Labute approximate surface area is 111 Å². The average molecular weight is 252 g/mol. The molecule has 1 heterocycles. The fraction of sp³-hybridized carbons (Fsp3) is 0.867. The van der Waals surface area contributed by atoms with E-state index < -0.39 is 0 Å². The van der Waals surface area contributed by atoms with Crippen molar-refractivity contribution < 1.29 is 4.74 Å². The fourth-order valence-electron chi connectivity index (χ4n) is 3.31. The maximum absolute atomic E-state index is 5.72. The summed E-state index contributed by atoms with van der Waals surface area (Å²) in [5.74, 6) is 0. The van der Waals surface area contributed by atoms with Gasteiger partial charge in [0.05, 0.1) is 12.7 Å². The lowest BCUT2D eigenvalue weighted by atomic mass is 9.72. The highest BCUT2D eigenvalue weighted by Gasteiger charge is 2.30. The van der Waals surface area contributed by atoms with Crippen LogP contribution in [-0.2, 0) is 4.74 Å². The largest absolute Gasteiger partial charge is 0.374 e. The van der Waals surface area contributed by atoms with Gasteiger partial charge in [-0.25, -0.2) is 0 Å². The second kappa shape index (κ2) is 5.72. The number of allylic oxidation sites excluding steroid dienone is 1. The smallest absolute Gasteiger partial charge is 0.0824 e. The topological polar surface area (TPSA) is 38.5 Å². The van der Waals surface area contributed by atoms with E-state index in [2.05, 4.69) is 25.7 Å². The highest BCUT2D eigenvalue weighted by Crippen LogP contribution is 2.40. The van der Waals surface area contributed by atoms with Gasteiger partial charge in [0.1, 0.15) is 0 Å². The van der Waals surface area contributed by atoms with Crippen molar-refractivity contribution in [3.05, 3.63) is 11.1 Å². The molecule has 0 aromatic heterocycles. The average Bonchev–Trinajstić information content (AvgIpc) is 2.34. The quantitative estimate of drug-likeness (QED) is 0.782. The third-order valence-corrected chi connectivity index (χ3v) is 4.55. The van der Waals surface area contributed by atoms with Crippen LogP contribution >= 0.6 is 0 Å². The summed E-state index contributed by atoms with van der Waals surface area (Å²) in [6.07, 6.45) is 4.18. The lowest BCUT2D eigenvalue weighted by Crippen LogP contribution is -2.47. The monoisotopic (exact) mass is 252 g/mol. The van der Waals surface area contributed by atoms with Crippen molar-refractivity contribution in [2.24, 2.45) is 11.1 Å². The normalized spacial score (nSPS) is 29.7. The van der Waals surface area contributed by atoms with E-state index in [-0.39, 0.29) is 6.10 Å². The van der Waals surface area contributed by atoms with Crippen LogP contribution in [0.3, 0.4) is 0 Å². The van der Waals surface area contributed by atoms with Gasteiger partial charge < -0.3 is 10.5 Å². The van der Waals surface area contributed by atoms with Crippen LogP contribution in [0.25, 0.3) is 0 Å². The van der Waals surface area contributed by atoms with Gasteiger partial charge in [-0.05, 0) is 31.6 Å². The molecule has 0 bridgehead atoms. The summed E-state index contributed by atoms with van der Waals surface area (Å²) < 4.78 is 5.64. The van der Waals surface area contributed by atoms with Crippen LogP contribution in [0.4, 0.5) is 0 Å². The first-order valence-corrected chi connectivity index (χ1v) is 7.26. The second-order valence-corrected chi connectivity index (χ2v) is 6.46. The number of hydrogen-bond acceptors (Lipinski definition) is 3. The van der Waals surface area contributed by atoms with Crippen LogP contribution in [0, 0.1) is 5.41 Å². The molecule has 1 aliphatic carbocycles. The zero-order valence-electron chi connectivity index (χ0n) is 12.2. The molecular formula is C15H28N2O. The van der Waals surface area contributed by atoms with Crippen LogP contribution in [0.1, 0.15) is 40.0 Å². The molecule has 3 nitrogen and oxygen atoms in total. The van der Waals surface area contributed by atoms with Crippen LogP contribution in [-0.4, -0.2) is 43.8 Å². The number of nitrogens with two attached hydrogens (primary N) is 1. The highest BCUT2D eigenvalue weighted by molar-refractivity contribution is 5.24.